The summed E-state index contributed by atoms with van der Waals surface area (Å²) in [5, 5.41) is 2.60. The second kappa shape index (κ2) is 4.88. The highest BCUT2D eigenvalue weighted by Crippen LogP contribution is 2.27. The van der Waals surface area contributed by atoms with E-state index in [1.165, 1.54) is 30.7 Å². The van der Waals surface area contributed by atoms with Gasteiger partial charge in [0.25, 0.3) is 0 Å². The number of anilines is 2. The lowest BCUT2D eigenvalue weighted by atomic mass is 10.2. The molecule has 2 rings (SSSR count). The lowest BCUT2D eigenvalue weighted by Crippen LogP contribution is -2.01. The second-order valence-corrected chi connectivity index (χ2v) is 3.57. The molecule has 0 fully saturated rings. The number of halogens is 2. The highest BCUT2D eigenvalue weighted by Gasteiger charge is 2.12. The molecule has 6 heteroatoms. The quantitative estimate of drug-likeness (QED) is 0.853. The van der Waals surface area contributed by atoms with Crippen LogP contribution in [0.4, 0.5) is 15.9 Å². The topological polar surface area (TPSA) is 54.9 Å². The number of nitrogens with one attached hydrogen (secondary N) is 1. The second-order valence-electron chi connectivity index (χ2n) is 3.16. The van der Waals surface area contributed by atoms with Crippen LogP contribution in [0.15, 0.2) is 30.7 Å². The summed E-state index contributed by atoms with van der Waals surface area (Å²) in [4.78, 5) is 18.5. The van der Waals surface area contributed by atoms with Crippen LogP contribution >= 0.6 is 11.6 Å². The highest BCUT2D eigenvalue weighted by molar-refractivity contribution is 6.31. The van der Waals surface area contributed by atoms with Crippen LogP contribution in [0, 0.1) is 5.82 Å². The summed E-state index contributed by atoms with van der Waals surface area (Å²) in [6.45, 7) is 0. The van der Waals surface area contributed by atoms with Gasteiger partial charge in [-0.15, -0.1) is 0 Å². The van der Waals surface area contributed by atoms with Crippen molar-refractivity contribution >= 4 is 29.4 Å². The molecule has 1 heterocycles. The molecule has 0 saturated heterocycles. The average molecular weight is 252 g/mol. The minimum Gasteiger partial charge on any atom is -0.336 e. The van der Waals surface area contributed by atoms with Crippen molar-refractivity contribution in [1.29, 1.82) is 0 Å². The van der Waals surface area contributed by atoms with Gasteiger partial charge >= 0.3 is 0 Å². The molecule has 17 heavy (non-hydrogen) atoms. The average Bonchev–Trinajstić information content (AvgIpc) is 2.37. The lowest BCUT2D eigenvalue weighted by molar-refractivity contribution is 0.112. The molecule has 0 aliphatic carbocycles. The van der Waals surface area contributed by atoms with Gasteiger partial charge in [0, 0.05) is 18.0 Å². The van der Waals surface area contributed by atoms with Crippen LogP contribution in [0.25, 0.3) is 0 Å². The smallest absolute Gasteiger partial charge is 0.165 e. The molecule has 0 bridgehead atoms. The molecular weight excluding hydrogens is 245 g/mol. The largest absolute Gasteiger partial charge is 0.336 e. The summed E-state index contributed by atoms with van der Waals surface area (Å²) < 4.78 is 13.7. The van der Waals surface area contributed by atoms with Gasteiger partial charge in [-0.25, -0.2) is 9.37 Å². The van der Waals surface area contributed by atoms with E-state index in [1.54, 1.807) is 0 Å². The van der Waals surface area contributed by atoms with Crippen LogP contribution in [0.3, 0.4) is 0 Å². The molecule has 1 N–H and O–H groups in total. The Labute approximate surface area is 101 Å². The van der Waals surface area contributed by atoms with Crippen molar-refractivity contribution < 1.29 is 9.18 Å². The van der Waals surface area contributed by atoms with E-state index in [4.69, 9.17) is 11.6 Å². The van der Waals surface area contributed by atoms with E-state index in [9.17, 15) is 9.18 Å². The van der Waals surface area contributed by atoms with Crippen molar-refractivity contribution in [2.75, 3.05) is 5.32 Å². The molecule has 0 saturated carbocycles. The zero-order valence-corrected chi connectivity index (χ0v) is 9.28. The van der Waals surface area contributed by atoms with Gasteiger partial charge in [0.1, 0.15) is 5.82 Å². The number of nitrogens with zero attached hydrogens (tertiary/aromatic N) is 2. The number of aromatic nitrogens is 2. The van der Waals surface area contributed by atoms with E-state index in [1.807, 2.05) is 0 Å². The first-order valence-electron chi connectivity index (χ1n) is 4.68. The van der Waals surface area contributed by atoms with Crippen molar-refractivity contribution in [1.82, 2.24) is 9.97 Å². The molecule has 0 aliphatic heterocycles. The lowest BCUT2D eigenvalue weighted by Gasteiger charge is -2.09. The summed E-state index contributed by atoms with van der Waals surface area (Å²) in [6.07, 6.45) is 4.89. The van der Waals surface area contributed by atoms with E-state index in [0.717, 1.165) is 0 Å². The van der Waals surface area contributed by atoms with Gasteiger partial charge in [-0.05, 0) is 12.1 Å². The Morgan fingerprint density at radius 2 is 2.18 bits per heavy atom. The van der Waals surface area contributed by atoms with Crippen molar-refractivity contribution in [3.8, 4) is 0 Å². The maximum Gasteiger partial charge on any atom is 0.165 e. The molecule has 1 aromatic carbocycles. The molecule has 0 aliphatic rings. The van der Waals surface area contributed by atoms with E-state index < -0.39 is 5.82 Å². The number of hydrogen-bond donors (Lipinski definition) is 1. The number of carbonyl (C=O) groups is 1. The molecule has 0 atom stereocenters. The van der Waals surface area contributed by atoms with Crippen molar-refractivity contribution in [2.24, 2.45) is 0 Å². The molecule has 2 aromatic rings. The standard InChI is InChI=1S/C11H7ClFN3O/c12-8-2-1-7(6-17)11(10(8)13)16-9-5-14-3-4-15-9/h1-6H,(H,15,16). The van der Waals surface area contributed by atoms with Gasteiger partial charge in [0.05, 0.1) is 16.9 Å². The fourth-order valence-electron chi connectivity index (χ4n) is 1.28. The number of rotatable bonds is 3. The van der Waals surface area contributed by atoms with E-state index in [-0.39, 0.29) is 16.3 Å². The van der Waals surface area contributed by atoms with Crippen molar-refractivity contribution in [3.63, 3.8) is 0 Å². The maximum absolute atomic E-state index is 13.7. The van der Waals surface area contributed by atoms with Crippen LogP contribution in [0.5, 0.6) is 0 Å². The minimum atomic E-state index is -0.693. The summed E-state index contributed by atoms with van der Waals surface area (Å²) in [5.41, 5.74) is 0.158. The zero-order chi connectivity index (χ0) is 12.3. The number of benzene rings is 1. The third-order valence-electron chi connectivity index (χ3n) is 2.07. The van der Waals surface area contributed by atoms with E-state index in [0.29, 0.717) is 12.1 Å². The zero-order valence-electron chi connectivity index (χ0n) is 8.52. The minimum absolute atomic E-state index is 0.00648. The van der Waals surface area contributed by atoms with Crippen LogP contribution in [0.1, 0.15) is 10.4 Å². The number of carbonyl (C=O) groups excluding carboxylic acids is 1. The molecule has 86 valence electrons. The summed E-state index contributed by atoms with van der Waals surface area (Å²) in [6, 6.07) is 2.75. The Kier molecular flexibility index (Phi) is 3.30. The summed E-state index contributed by atoms with van der Waals surface area (Å²) in [7, 11) is 0. The van der Waals surface area contributed by atoms with Gasteiger partial charge in [-0.2, -0.15) is 0 Å². The van der Waals surface area contributed by atoms with Crippen LogP contribution in [0.2, 0.25) is 5.02 Å². The first kappa shape index (κ1) is 11.5. The Balaban J connectivity index is 2.44. The van der Waals surface area contributed by atoms with Crippen LogP contribution < -0.4 is 5.32 Å². The van der Waals surface area contributed by atoms with Gasteiger partial charge in [-0.1, -0.05) is 11.6 Å². The fourth-order valence-corrected chi connectivity index (χ4v) is 1.44. The SMILES string of the molecule is O=Cc1ccc(Cl)c(F)c1Nc1cnccn1. The summed E-state index contributed by atoms with van der Waals surface area (Å²) >= 11 is 5.64. The predicted molar refractivity (Wildman–Crippen MR) is 62.1 cm³/mol. The molecule has 0 unspecified atom stereocenters. The van der Waals surface area contributed by atoms with Crippen LogP contribution in [-0.4, -0.2) is 16.3 Å². The van der Waals surface area contributed by atoms with Gasteiger partial charge in [0.2, 0.25) is 0 Å². The monoisotopic (exact) mass is 251 g/mol. The first-order chi connectivity index (χ1) is 8.22. The summed E-state index contributed by atoms with van der Waals surface area (Å²) in [5.74, 6) is -0.362. The Bertz CT molecular complexity index is 548. The molecule has 1 aromatic heterocycles. The Morgan fingerprint density at radius 3 is 2.82 bits per heavy atom. The van der Waals surface area contributed by atoms with Gasteiger partial charge < -0.3 is 5.32 Å². The van der Waals surface area contributed by atoms with Crippen LogP contribution in [-0.2, 0) is 0 Å². The fraction of sp³-hybridized carbons (Fsp3) is 0. The maximum atomic E-state index is 13.7. The number of aldehydes is 1. The molecule has 0 amide bonds. The van der Waals surface area contributed by atoms with Gasteiger partial charge in [-0.3, -0.25) is 9.78 Å². The third kappa shape index (κ3) is 2.39. The highest BCUT2D eigenvalue weighted by atomic mass is 35.5. The molecular formula is C11H7ClFN3O. The Morgan fingerprint density at radius 1 is 1.35 bits per heavy atom. The molecule has 4 nitrogen and oxygen atoms in total. The predicted octanol–water partition coefficient (Wildman–Crippen LogP) is 2.83. The van der Waals surface area contributed by atoms with Gasteiger partial charge in [0.15, 0.2) is 12.1 Å². The molecule has 0 spiro atoms. The van der Waals surface area contributed by atoms with E-state index >= 15 is 0 Å². The van der Waals surface area contributed by atoms with E-state index in [2.05, 4.69) is 15.3 Å². The van der Waals surface area contributed by atoms with Crippen molar-refractivity contribution in [2.45, 2.75) is 0 Å². The third-order valence-corrected chi connectivity index (χ3v) is 2.36. The first-order valence-corrected chi connectivity index (χ1v) is 5.06. The number of hydrogen-bond acceptors (Lipinski definition) is 4. The van der Waals surface area contributed by atoms with Crippen molar-refractivity contribution in [3.05, 3.63) is 47.1 Å². The normalized spacial score (nSPS) is 10.0. The molecule has 0 radical (unpaired) electrons. The Hall–Kier alpha value is -2.01.